The van der Waals surface area contributed by atoms with Gasteiger partial charge in [-0.25, -0.2) is 0 Å². The number of thiophene rings is 1. The molecule has 0 fully saturated rings. The normalized spacial score (nSPS) is 14.7. The van der Waals surface area contributed by atoms with E-state index in [-0.39, 0.29) is 11.7 Å². The maximum atomic E-state index is 13.7. The summed E-state index contributed by atoms with van der Waals surface area (Å²) in [4.78, 5) is 27.5. The zero-order valence-corrected chi connectivity index (χ0v) is 21.3. The molecule has 1 aromatic heterocycles. The summed E-state index contributed by atoms with van der Waals surface area (Å²) in [6, 6.07) is 24.0. The first-order valence-electron chi connectivity index (χ1n) is 11.5. The molecule has 4 aromatic rings. The van der Waals surface area contributed by atoms with Gasteiger partial charge in [0.1, 0.15) is 4.88 Å². The number of carbonyl (C=O) groups is 2. The number of anilines is 3. The van der Waals surface area contributed by atoms with E-state index in [1.807, 2.05) is 68.4 Å². The zero-order valence-electron chi connectivity index (χ0n) is 19.8. The van der Waals surface area contributed by atoms with Crippen molar-refractivity contribution in [1.82, 2.24) is 0 Å². The molecule has 4 N–H and O–H groups in total. The number of hydrogen-bond acceptors (Lipinski definition) is 5. The highest BCUT2D eigenvalue weighted by atomic mass is 35.5. The molecule has 3 aromatic carbocycles. The summed E-state index contributed by atoms with van der Waals surface area (Å²) >= 11 is 7.32. The Kier molecular flexibility index (Phi) is 6.39. The molecule has 5 rings (SSSR count). The fraction of sp³-hybridized carbons (Fsp3) is 0.103. The Hall–Kier alpha value is -3.87. The van der Waals surface area contributed by atoms with E-state index in [9.17, 15) is 9.59 Å². The highest BCUT2D eigenvalue weighted by Crippen LogP contribution is 2.51. The molecular weight excluding hydrogens is 490 g/mol. The van der Waals surface area contributed by atoms with Crippen molar-refractivity contribution in [3.8, 4) is 0 Å². The molecule has 1 unspecified atom stereocenters. The van der Waals surface area contributed by atoms with Crippen LogP contribution in [0.25, 0.3) is 0 Å². The van der Waals surface area contributed by atoms with E-state index in [1.54, 1.807) is 24.3 Å². The number of hydrogen-bond donors (Lipinski definition) is 3. The predicted octanol–water partition coefficient (Wildman–Crippen LogP) is 6.99. The van der Waals surface area contributed by atoms with Gasteiger partial charge in [-0.05, 0) is 61.4 Å². The van der Waals surface area contributed by atoms with Crippen molar-refractivity contribution in [3.05, 3.63) is 122 Å². The van der Waals surface area contributed by atoms with Gasteiger partial charge in [-0.2, -0.15) is 0 Å². The van der Waals surface area contributed by atoms with Gasteiger partial charge in [-0.1, -0.05) is 54.1 Å². The maximum absolute atomic E-state index is 13.7. The van der Waals surface area contributed by atoms with Crippen LogP contribution in [0.2, 0.25) is 5.02 Å². The molecule has 0 bridgehead atoms. The van der Waals surface area contributed by atoms with Gasteiger partial charge in [-0.3, -0.25) is 9.59 Å². The van der Waals surface area contributed by atoms with Gasteiger partial charge in [0, 0.05) is 39.0 Å². The van der Waals surface area contributed by atoms with Gasteiger partial charge in [-0.15, -0.1) is 11.3 Å². The van der Waals surface area contributed by atoms with Crippen LogP contribution in [-0.4, -0.2) is 11.7 Å². The Balaban J connectivity index is 1.64. The lowest BCUT2D eigenvalue weighted by Crippen LogP contribution is -2.27. The van der Waals surface area contributed by atoms with Crippen LogP contribution in [0.5, 0.6) is 0 Å². The molecule has 0 spiro atoms. The van der Waals surface area contributed by atoms with E-state index >= 15 is 0 Å². The number of para-hydroxylation sites is 1. The quantitative estimate of drug-likeness (QED) is 0.251. The topological polar surface area (TPSA) is 84.2 Å². The lowest BCUT2D eigenvalue weighted by molar-refractivity contribution is -0.113. The van der Waals surface area contributed by atoms with Gasteiger partial charge < -0.3 is 16.4 Å². The van der Waals surface area contributed by atoms with Gasteiger partial charge in [0.25, 0.3) is 5.91 Å². The minimum atomic E-state index is -0.436. The van der Waals surface area contributed by atoms with Crippen LogP contribution in [0.3, 0.4) is 0 Å². The average Bonchev–Trinajstić information content (AvgIpc) is 3.19. The molecular formula is C29H24ClN3O2S. The first-order valence-corrected chi connectivity index (χ1v) is 12.7. The number of allylic oxidation sites excluding steroid dienone is 1. The van der Waals surface area contributed by atoms with Crippen LogP contribution >= 0.6 is 22.9 Å². The lowest BCUT2D eigenvalue weighted by atomic mass is 9.79. The third kappa shape index (κ3) is 4.30. The average molecular weight is 514 g/mol. The van der Waals surface area contributed by atoms with Crippen LogP contribution in [-0.2, 0) is 4.79 Å². The summed E-state index contributed by atoms with van der Waals surface area (Å²) < 4.78 is 0. The van der Waals surface area contributed by atoms with Crippen molar-refractivity contribution in [3.63, 3.8) is 0 Å². The summed E-state index contributed by atoms with van der Waals surface area (Å²) in [5, 5.41) is 7.70. The number of nitrogens with one attached hydrogen (secondary N) is 2. The number of fused-ring (bicyclic) bond motifs is 1. The first-order chi connectivity index (χ1) is 17.3. The number of halogens is 1. The Morgan fingerprint density at radius 1 is 0.944 bits per heavy atom. The number of nitrogen functional groups attached to an aromatic ring is 1. The number of amides is 1. The monoisotopic (exact) mass is 513 g/mol. The van der Waals surface area contributed by atoms with Crippen LogP contribution in [0.15, 0.2) is 90.1 Å². The Labute approximate surface area is 218 Å². The van der Waals surface area contributed by atoms with Crippen LogP contribution < -0.4 is 16.4 Å². The van der Waals surface area contributed by atoms with E-state index in [1.165, 1.54) is 11.3 Å². The summed E-state index contributed by atoms with van der Waals surface area (Å²) in [5.41, 5.74) is 12.3. The number of carbonyl (C=O) groups excluding carboxylic acids is 2. The summed E-state index contributed by atoms with van der Waals surface area (Å²) in [6.45, 7) is 3.89. The van der Waals surface area contributed by atoms with Crippen LogP contribution in [0, 0.1) is 6.92 Å². The molecule has 1 aliphatic heterocycles. The number of nitrogens with two attached hydrogens (primary N) is 1. The van der Waals surface area contributed by atoms with E-state index in [2.05, 4.69) is 10.6 Å². The summed E-state index contributed by atoms with van der Waals surface area (Å²) in [6.07, 6.45) is 0. The minimum Gasteiger partial charge on any atom is -0.397 e. The lowest BCUT2D eigenvalue weighted by Gasteiger charge is -2.30. The smallest absolute Gasteiger partial charge is 0.254 e. The third-order valence-electron chi connectivity index (χ3n) is 6.35. The second-order valence-corrected chi connectivity index (χ2v) is 10.2. The third-order valence-corrected chi connectivity index (χ3v) is 7.74. The summed E-state index contributed by atoms with van der Waals surface area (Å²) in [7, 11) is 0. The van der Waals surface area contributed by atoms with Gasteiger partial charge >= 0.3 is 0 Å². The molecule has 0 radical (unpaired) electrons. The molecule has 180 valence electrons. The Bertz CT molecular complexity index is 1510. The van der Waals surface area contributed by atoms with Crippen molar-refractivity contribution in [2.45, 2.75) is 19.8 Å². The Morgan fingerprint density at radius 3 is 2.31 bits per heavy atom. The van der Waals surface area contributed by atoms with Gasteiger partial charge in [0.05, 0.1) is 10.7 Å². The summed E-state index contributed by atoms with van der Waals surface area (Å²) in [5.74, 6) is -0.836. The fourth-order valence-electron chi connectivity index (χ4n) is 4.58. The number of rotatable bonds is 5. The molecule has 5 nitrogen and oxygen atoms in total. The largest absolute Gasteiger partial charge is 0.397 e. The van der Waals surface area contributed by atoms with E-state index in [0.29, 0.717) is 32.4 Å². The first kappa shape index (κ1) is 23.9. The molecule has 0 saturated carbocycles. The zero-order chi connectivity index (χ0) is 25.4. The molecule has 2 heterocycles. The van der Waals surface area contributed by atoms with Gasteiger partial charge in [0.15, 0.2) is 0 Å². The highest BCUT2D eigenvalue weighted by molar-refractivity contribution is 7.19. The standard InChI is InChI=1S/C29H24ClN3O2S/c1-16-8-6-7-11-21(16)23-22(28(35)33-20-9-4-3-5-10-20)17(2)32-29-24(23)25(31)27(36-29)26(34)18-12-14-19(30)15-13-18/h3-15,23,32H,31H2,1-2H3,(H,33,35). The van der Waals surface area contributed by atoms with Crippen molar-refractivity contribution < 1.29 is 9.59 Å². The van der Waals surface area contributed by atoms with Crippen molar-refractivity contribution in [2.24, 2.45) is 0 Å². The second-order valence-electron chi connectivity index (χ2n) is 8.70. The molecule has 1 atom stereocenters. The SMILES string of the molecule is CC1=C(C(=O)Nc2ccccc2)C(c2ccccc2C)c2c(sc(C(=O)c3ccc(Cl)cc3)c2N)N1. The number of aryl methyl sites for hydroxylation is 1. The van der Waals surface area contributed by atoms with E-state index < -0.39 is 5.92 Å². The number of ketones is 1. The van der Waals surface area contributed by atoms with Crippen LogP contribution in [0.4, 0.5) is 16.4 Å². The molecule has 1 aliphatic rings. The van der Waals surface area contributed by atoms with E-state index in [0.717, 1.165) is 27.4 Å². The van der Waals surface area contributed by atoms with E-state index in [4.69, 9.17) is 17.3 Å². The molecule has 0 aliphatic carbocycles. The van der Waals surface area contributed by atoms with Crippen LogP contribution in [0.1, 0.15) is 44.8 Å². The molecule has 36 heavy (non-hydrogen) atoms. The van der Waals surface area contributed by atoms with Crippen molar-refractivity contribution in [1.29, 1.82) is 0 Å². The second kappa shape index (κ2) is 9.64. The molecule has 7 heteroatoms. The van der Waals surface area contributed by atoms with Crippen molar-refractivity contribution in [2.75, 3.05) is 16.4 Å². The van der Waals surface area contributed by atoms with Crippen molar-refractivity contribution >= 4 is 51.0 Å². The fourth-order valence-corrected chi connectivity index (χ4v) is 5.88. The highest BCUT2D eigenvalue weighted by Gasteiger charge is 2.38. The predicted molar refractivity (Wildman–Crippen MR) is 148 cm³/mol. The molecule has 0 saturated heterocycles. The van der Waals surface area contributed by atoms with Gasteiger partial charge in [0.2, 0.25) is 5.78 Å². The maximum Gasteiger partial charge on any atom is 0.254 e. The molecule has 1 amide bonds. The number of benzene rings is 3. The minimum absolute atomic E-state index is 0.179. The Morgan fingerprint density at radius 2 is 1.61 bits per heavy atom.